The van der Waals surface area contributed by atoms with Crippen molar-refractivity contribution in [3.8, 4) is 5.75 Å². The van der Waals surface area contributed by atoms with Gasteiger partial charge in [-0.15, -0.1) is 0 Å². The van der Waals surface area contributed by atoms with Gasteiger partial charge in [0, 0.05) is 17.8 Å². The molecule has 13 nitrogen and oxygen atoms in total. The normalized spacial score (nSPS) is 18.1. The number of sulfone groups is 1. The summed E-state index contributed by atoms with van der Waals surface area (Å²) in [4.78, 5) is 52.1. The molecule has 16 heteroatoms. The van der Waals surface area contributed by atoms with E-state index < -0.39 is 68.6 Å². The van der Waals surface area contributed by atoms with Gasteiger partial charge in [0.05, 0.1) is 42.0 Å². The molecule has 0 radical (unpaired) electrons. The van der Waals surface area contributed by atoms with Gasteiger partial charge < -0.3 is 30.5 Å². The van der Waals surface area contributed by atoms with Gasteiger partial charge in [-0.05, 0) is 78.9 Å². The van der Waals surface area contributed by atoms with Crippen LogP contribution in [0.15, 0.2) is 59.5 Å². The molecule has 48 heavy (non-hydrogen) atoms. The molecule has 1 aliphatic heterocycles. The molecule has 0 aromatic heterocycles. The first-order valence-corrected chi connectivity index (χ1v) is 16.3. The van der Waals surface area contributed by atoms with Crippen LogP contribution in [0, 0.1) is 17.6 Å². The maximum atomic E-state index is 15.1. The highest BCUT2D eigenvalue weighted by molar-refractivity contribution is 7.92. The van der Waals surface area contributed by atoms with Gasteiger partial charge in [0.25, 0.3) is 0 Å². The van der Waals surface area contributed by atoms with Crippen LogP contribution < -0.4 is 21.1 Å². The largest absolute Gasteiger partial charge is 0.494 e. The second kappa shape index (κ2) is 13.5. The minimum atomic E-state index is -3.98. The lowest BCUT2D eigenvalue weighted by atomic mass is 9.92. The number of likely N-dealkylation sites (tertiary alicyclic amines) is 1. The number of halogens is 2. The predicted molar refractivity (Wildman–Crippen MR) is 167 cm³/mol. The third-order valence-corrected chi connectivity index (χ3v) is 10.7. The van der Waals surface area contributed by atoms with E-state index in [1.807, 2.05) is 0 Å². The zero-order chi connectivity index (χ0) is 34.9. The fourth-order valence-electron chi connectivity index (χ4n) is 5.78. The monoisotopic (exact) mass is 686 g/mol. The lowest BCUT2D eigenvalue weighted by Crippen LogP contribution is -2.40. The first kappa shape index (κ1) is 34.1. The number of carboxylic acid groups (broad SMARTS) is 1. The molecule has 5 N–H and O–H groups in total. The van der Waals surface area contributed by atoms with E-state index in [-0.39, 0.29) is 51.7 Å². The molecule has 1 aliphatic carbocycles. The quantitative estimate of drug-likeness (QED) is 0.229. The number of carboxylic acids is 1. The molecule has 3 atom stereocenters. The van der Waals surface area contributed by atoms with Gasteiger partial charge >= 0.3 is 12.1 Å². The highest BCUT2D eigenvalue weighted by Crippen LogP contribution is 2.45. The smallest absolute Gasteiger partial charge is 0.411 e. The summed E-state index contributed by atoms with van der Waals surface area (Å²) in [6.45, 7) is -0.168. The number of rotatable bonds is 11. The van der Waals surface area contributed by atoms with Crippen molar-refractivity contribution in [2.45, 2.75) is 41.5 Å². The Morgan fingerprint density at radius 3 is 2.31 bits per heavy atom. The molecule has 2 fully saturated rings. The number of aliphatic carboxylic acids is 1. The van der Waals surface area contributed by atoms with Crippen LogP contribution in [-0.2, 0) is 24.2 Å². The molecule has 0 bridgehead atoms. The van der Waals surface area contributed by atoms with Crippen LogP contribution >= 0.6 is 0 Å². The Kier molecular flexibility index (Phi) is 9.57. The number of amides is 3. The molecule has 3 aromatic rings. The highest BCUT2D eigenvalue weighted by Gasteiger charge is 2.48. The number of hydrogen-bond donors (Lipinski definition) is 4. The number of carbonyl (C=O) groups is 4. The van der Waals surface area contributed by atoms with Gasteiger partial charge in [0.15, 0.2) is 21.4 Å². The summed E-state index contributed by atoms with van der Waals surface area (Å²) in [6.07, 6.45) is -0.168. The second-order valence-electron chi connectivity index (χ2n) is 11.4. The number of methoxy groups -OCH3 is 2. The molecule has 1 saturated heterocycles. The van der Waals surface area contributed by atoms with E-state index in [0.717, 1.165) is 36.3 Å². The molecule has 2 unspecified atom stereocenters. The Hall–Kier alpha value is -5.25. The Morgan fingerprint density at radius 2 is 1.69 bits per heavy atom. The number of carbonyl (C=O) groups excluding carboxylic acids is 3. The van der Waals surface area contributed by atoms with Gasteiger partial charge in [-0.25, -0.2) is 22.0 Å². The average molecular weight is 687 g/mol. The van der Waals surface area contributed by atoms with Crippen molar-refractivity contribution >= 4 is 45.1 Å². The molecule has 1 heterocycles. The van der Waals surface area contributed by atoms with Crippen LogP contribution in [0.2, 0.25) is 0 Å². The summed E-state index contributed by atoms with van der Waals surface area (Å²) in [6, 6.07) is 7.61. The number of nitrogens with one attached hydrogen (secondary N) is 2. The van der Waals surface area contributed by atoms with E-state index in [1.165, 1.54) is 37.4 Å². The van der Waals surface area contributed by atoms with Crippen LogP contribution in [0.5, 0.6) is 5.75 Å². The summed E-state index contributed by atoms with van der Waals surface area (Å²) in [5, 5.41) is 14.8. The van der Waals surface area contributed by atoms with Crippen LogP contribution in [0.25, 0.3) is 0 Å². The molecule has 3 amide bonds. The highest BCUT2D eigenvalue weighted by atomic mass is 32.2. The number of benzene rings is 3. The maximum absolute atomic E-state index is 15.1. The van der Waals surface area contributed by atoms with Crippen LogP contribution in [-0.4, -0.2) is 68.3 Å². The minimum absolute atomic E-state index is 0.0496. The zero-order valence-corrected chi connectivity index (χ0v) is 26.6. The zero-order valence-electron chi connectivity index (χ0n) is 25.7. The molecule has 1 saturated carbocycles. The first-order valence-electron chi connectivity index (χ1n) is 14.7. The average Bonchev–Trinajstić information content (AvgIpc) is 3.83. The third kappa shape index (κ3) is 6.74. The Labute approximate surface area is 273 Å². The molecule has 254 valence electrons. The lowest BCUT2D eigenvalue weighted by molar-refractivity contribution is -0.143. The van der Waals surface area contributed by atoms with Gasteiger partial charge in [-0.1, -0.05) is 6.07 Å². The molecular weight excluding hydrogens is 654 g/mol. The molecule has 0 spiro atoms. The van der Waals surface area contributed by atoms with Crippen molar-refractivity contribution in [1.29, 1.82) is 0 Å². The van der Waals surface area contributed by atoms with Crippen molar-refractivity contribution < 1.29 is 51.0 Å². The van der Waals surface area contributed by atoms with Crippen molar-refractivity contribution in [1.82, 2.24) is 4.90 Å². The fraction of sp³-hybridized carbons (Fsp3) is 0.312. The Bertz CT molecular complexity index is 1900. The fourth-order valence-corrected chi connectivity index (χ4v) is 7.66. The van der Waals surface area contributed by atoms with E-state index in [1.54, 1.807) is 0 Å². The van der Waals surface area contributed by atoms with Gasteiger partial charge in [-0.2, -0.15) is 0 Å². The van der Waals surface area contributed by atoms with Crippen LogP contribution in [0.3, 0.4) is 0 Å². The molecular formula is C32H32F2N4O9S. The summed E-state index contributed by atoms with van der Waals surface area (Å²) in [5.41, 5.74) is 5.08. The third-order valence-electron chi connectivity index (χ3n) is 8.33. The van der Waals surface area contributed by atoms with Crippen LogP contribution in [0.4, 0.5) is 25.0 Å². The van der Waals surface area contributed by atoms with Crippen molar-refractivity contribution in [2.24, 2.45) is 11.7 Å². The van der Waals surface area contributed by atoms with Gasteiger partial charge in [0.2, 0.25) is 11.8 Å². The molecule has 2 aliphatic rings. The van der Waals surface area contributed by atoms with E-state index in [0.29, 0.717) is 12.8 Å². The SMILES string of the molecule is COC(=O)Nc1ccc(S(=O)(=O)C2CC2)c(C2C(C(=O)O)CCN2C(=O)[C@H](Nc2cc(C(N)=O)ccc2F)c2ccc(F)c(OC)c2)c1. The number of nitrogens with two attached hydrogens (primary N) is 1. The van der Waals surface area contributed by atoms with Gasteiger partial charge in [0.1, 0.15) is 11.9 Å². The number of hydrogen-bond acceptors (Lipinski definition) is 9. The summed E-state index contributed by atoms with van der Waals surface area (Å²) in [5.74, 6) is -6.20. The summed E-state index contributed by atoms with van der Waals surface area (Å²) < 4.78 is 66.6. The summed E-state index contributed by atoms with van der Waals surface area (Å²) in [7, 11) is -1.65. The van der Waals surface area contributed by atoms with Crippen molar-refractivity contribution in [2.75, 3.05) is 31.4 Å². The van der Waals surface area contributed by atoms with Gasteiger partial charge in [-0.3, -0.25) is 19.7 Å². The minimum Gasteiger partial charge on any atom is -0.494 e. The number of anilines is 2. The molecule has 5 rings (SSSR count). The number of primary amides is 1. The van der Waals surface area contributed by atoms with E-state index in [2.05, 4.69) is 15.4 Å². The van der Waals surface area contributed by atoms with E-state index in [4.69, 9.17) is 10.5 Å². The van der Waals surface area contributed by atoms with Crippen molar-refractivity contribution in [3.05, 3.63) is 82.9 Å². The first-order chi connectivity index (χ1) is 22.8. The second-order valence-corrected chi connectivity index (χ2v) is 13.6. The maximum Gasteiger partial charge on any atom is 0.411 e. The van der Waals surface area contributed by atoms with Crippen LogP contribution in [0.1, 0.15) is 52.8 Å². The lowest BCUT2D eigenvalue weighted by Gasteiger charge is -2.33. The molecule has 3 aromatic carbocycles. The van der Waals surface area contributed by atoms with E-state index >= 15 is 4.39 Å². The van der Waals surface area contributed by atoms with Crippen molar-refractivity contribution in [3.63, 3.8) is 0 Å². The van der Waals surface area contributed by atoms with E-state index in [9.17, 15) is 37.1 Å². The number of ether oxygens (including phenoxy) is 2. The topological polar surface area (TPSA) is 194 Å². The standard InChI is InChI=1S/C32H32F2N4O9S/c1-46-25-14-16(3-9-23(25)34)27(37-24-13-17(29(35)39)4-8-22(24)33)30(40)38-12-11-20(31(41)42)28(38)21-15-18(36-32(43)47-2)5-10-26(21)48(44,45)19-6-7-19/h3-5,8-10,13-15,19-20,27-28,37H,6-7,11-12H2,1-2H3,(H2,35,39)(H,36,43)(H,41,42)/t20?,27-,28?/m1/s1. The Balaban J connectivity index is 1.67. The predicted octanol–water partition coefficient (Wildman–Crippen LogP) is 4.01. The Morgan fingerprint density at radius 1 is 0.979 bits per heavy atom. The summed E-state index contributed by atoms with van der Waals surface area (Å²) >= 11 is 0. The number of nitrogens with zero attached hydrogens (tertiary/aromatic N) is 1.